The van der Waals surface area contributed by atoms with Gasteiger partial charge in [-0.2, -0.15) is 0 Å². The van der Waals surface area contributed by atoms with E-state index in [9.17, 15) is 57.5 Å². The second kappa shape index (κ2) is 39.2. The summed E-state index contributed by atoms with van der Waals surface area (Å²) in [6, 6.07) is -0.939. The normalized spacial score (nSPS) is 24.1. The second-order valence-electron chi connectivity index (χ2n) is 22.8. The first kappa shape index (κ1) is 81.5. The molecule has 0 saturated carbocycles. The van der Waals surface area contributed by atoms with Gasteiger partial charge in [0.2, 0.25) is 0 Å². The lowest BCUT2D eigenvalue weighted by Crippen LogP contribution is -2.62. The molecule has 3 aliphatic rings. The number of carbonyl (C=O) groups is 12. The number of aromatic nitrogens is 12. The third-order valence-corrected chi connectivity index (χ3v) is 14.0. The molecular weight excluding hydrogens is 1420 g/mol. The summed E-state index contributed by atoms with van der Waals surface area (Å²) >= 11 is 0. The molecule has 7 heterocycles. The van der Waals surface area contributed by atoms with E-state index in [1.54, 1.807) is 0 Å². The highest BCUT2D eigenvalue weighted by atomic mass is 16.8. The van der Waals surface area contributed by atoms with Crippen LogP contribution in [0.15, 0.2) is 18.6 Å². The smallest absolute Gasteiger partial charge is 0.325 e. The van der Waals surface area contributed by atoms with Crippen molar-refractivity contribution in [3.63, 3.8) is 0 Å². The molecule has 4 aromatic heterocycles. The van der Waals surface area contributed by atoms with Crippen LogP contribution in [-0.2, 0) is 182 Å². The van der Waals surface area contributed by atoms with Gasteiger partial charge in [0.1, 0.15) is 75.0 Å². The minimum absolute atomic E-state index is 0.0117. The van der Waals surface area contributed by atoms with Crippen molar-refractivity contribution >= 4 is 71.6 Å². The fourth-order valence-electron chi connectivity index (χ4n) is 10.2. The maximum atomic E-state index is 12.4. The first-order valence-electron chi connectivity index (χ1n) is 31.9. The van der Waals surface area contributed by atoms with E-state index in [4.69, 9.17) is 99.5 Å². The van der Waals surface area contributed by atoms with Gasteiger partial charge in [-0.25, -0.2) is 14.0 Å². The molecule has 45 nitrogen and oxygen atoms in total. The number of nitrogens with zero attached hydrogens (tertiary/aromatic N) is 12. The quantitative estimate of drug-likeness (QED) is 0.0341. The topological polar surface area (TPSA) is 529 Å². The number of ether oxygens (including phenoxy) is 21. The highest BCUT2D eigenvalue weighted by Gasteiger charge is 2.56. The van der Waals surface area contributed by atoms with Crippen molar-refractivity contribution in [3.8, 4) is 18.0 Å². The predicted molar refractivity (Wildman–Crippen MR) is 327 cm³/mol. The molecule has 0 unspecified atom stereocenters. The monoisotopic (exact) mass is 1490 g/mol. The SMILES string of the molecule is CC(=O)OC[C@H]1O[C@H](OCc2cn(CCOc3nc(OCCn4cc(CO[C@H]5O[C@H](COC(C)=O)[C@@H](OC(C)=O)[C@H](OC(C)=O)[C@@H]5OC(C)=O)nn4)nc(OCCn4cc(CO[C@H]5O[C@H](COC(C)=O)[C@@H](OC(C)=O)[C@H](OC(C)=O)[C@@H]5OC(C)=O)nn4)n3)nn2)[C@@H](OC(C)=O)[C@@H](OC(C)=O)[C@@H]1OC(C)=O. The fraction of sp³-hybridized carbons (Fsp3) is 0.650. The first-order valence-corrected chi connectivity index (χ1v) is 31.9. The minimum Gasteiger partial charge on any atom is -0.463 e. The zero-order chi connectivity index (χ0) is 76.6. The number of hydrogen-bond donors (Lipinski definition) is 0. The number of hydrogen-bond acceptors (Lipinski definition) is 42. The standard InChI is InChI=1S/C60H78N12O33/c1-28(73)88-25-43-46(94-31(4)76)49(97-34(7)79)52(100-37(10)82)55(103-43)91-22-40-19-70(67-64-40)13-16-85-58-61-59(86-17-14-71-20-41(65-68-71)23-92-56-53(101-38(11)83)50(98-35(8)80)47(95-32(5)77)44(104-56)26-89-29(2)74)63-60(62-58)87-18-15-72-21-42(66-69-72)24-93-57-54(102-39(12)84)51(99-36(9)81)48(96-33(6)78)45(105-57)27-90-30(3)75/h19-21,43-57H,13-18,22-27H2,1-12H3/t43-,44-,45-,46-,47-,48-,49+,50+,51+,52+,53+,54+,55+,56+,57+/m1/s1. The van der Waals surface area contributed by atoms with Crippen molar-refractivity contribution in [3.05, 3.63) is 35.7 Å². The van der Waals surface area contributed by atoms with Crippen molar-refractivity contribution in [2.45, 2.75) is 215 Å². The molecule has 45 heteroatoms. The van der Waals surface area contributed by atoms with E-state index in [1.807, 2.05) is 0 Å². The Balaban J connectivity index is 1.04. The molecule has 0 bridgehead atoms. The van der Waals surface area contributed by atoms with Gasteiger partial charge in [-0.3, -0.25) is 57.5 Å². The largest absolute Gasteiger partial charge is 0.463 e. The van der Waals surface area contributed by atoms with Crippen molar-refractivity contribution < 1.29 is 157 Å². The van der Waals surface area contributed by atoms with E-state index in [0.717, 1.165) is 83.1 Å². The molecule has 3 aliphatic heterocycles. The van der Waals surface area contributed by atoms with E-state index in [0.29, 0.717) is 0 Å². The van der Waals surface area contributed by atoms with E-state index in [-0.39, 0.29) is 94.4 Å². The molecule has 576 valence electrons. The highest BCUT2D eigenvalue weighted by molar-refractivity contribution is 5.71. The zero-order valence-electron chi connectivity index (χ0n) is 58.7. The lowest BCUT2D eigenvalue weighted by atomic mass is 9.98. The summed E-state index contributed by atoms with van der Waals surface area (Å²) < 4.78 is 122. The zero-order valence-corrected chi connectivity index (χ0v) is 58.7. The number of carbonyl (C=O) groups excluding carboxylic acids is 12. The van der Waals surface area contributed by atoms with Crippen molar-refractivity contribution in [1.82, 2.24) is 59.9 Å². The maximum Gasteiger partial charge on any atom is 0.325 e. The summed E-state index contributed by atoms with van der Waals surface area (Å²) in [6.07, 6.45) is -17.3. The van der Waals surface area contributed by atoms with Crippen LogP contribution in [0.5, 0.6) is 18.0 Å². The third-order valence-electron chi connectivity index (χ3n) is 14.0. The van der Waals surface area contributed by atoms with E-state index >= 15 is 0 Å². The van der Waals surface area contributed by atoms with Gasteiger partial charge in [-0.1, -0.05) is 15.6 Å². The Bertz CT molecular complexity index is 3300. The van der Waals surface area contributed by atoms with Gasteiger partial charge in [-0.05, 0) is 0 Å². The van der Waals surface area contributed by atoms with Crippen LogP contribution in [0.2, 0.25) is 0 Å². The lowest BCUT2D eigenvalue weighted by molar-refractivity contribution is -0.310. The Labute approximate surface area is 595 Å². The third kappa shape index (κ3) is 26.2. The van der Waals surface area contributed by atoms with Crippen molar-refractivity contribution in [1.29, 1.82) is 0 Å². The number of rotatable bonds is 36. The van der Waals surface area contributed by atoms with Crippen LogP contribution < -0.4 is 14.2 Å². The van der Waals surface area contributed by atoms with Gasteiger partial charge < -0.3 is 99.5 Å². The van der Waals surface area contributed by atoms with Crippen LogP contribution in [-0.4, -0.2) is 263 Å². The van der Waals surface area contributed by atoms with Crippen molar-refractivity contribution in [2.75, 3.05) is 39.6 Å². The molecule has 7 rings (SSSR count). The lowest BCUT2D eigenvalue weighted by Gasteiger charge is -2.43. The van der Waals surface area contributed by atoms with E-state index < -0.39 is 184 Å². The highest BCUT2D eigenvalue weighted by Crippen LogP contribution is 2.34. The minimum atomic E-state index is -1.52. The van der Waals surface area contributed by atoms with Crippen LogP contribution in [0.25, 0.3) is 0 Å². The molecule has 3 saturated heterocycles. The van der Waals surface area contributed by atoms with Crippen LogP contribution in [0.1, 0.15) is 100 Å². The average molecular weight is 1500 g/mol. The molecule has 0 spiro atoms. The maximum absolute atomic E-state index is 12.4. The average Bonchev–Trinajstić information content (AvgIpc) is 1.79. The molecule has 0 radical (unpaired) electrons. The summed E-state index contributed by atoms with van der Waals surface area (Å²) in [7, 11) is 0. The van der Waals surface area contributed by atoms with Gasteiger partial charge in [-0.15, -0.1) is 30.2 Å². The van der Waals surface area contributed by atoms with Gasteiger partial charge >= 0.3 is 89.7 Å². The second-order valence-corrected chi connectivity index (χ2v) is 22.8. The molecular formula is C60H78N12O33. The molecule has 0 N–H and O–H groups in total. The summed E-state index contributed by atoms with van der Waals surface area (Å²) in [5.74, 6) is -9.67. The van der Waals surface area contributed by atoms with Crippen LogP contribution in [0.4, 0.5) is 0 Å². The van der Waals surface area contributed by atoms with Crippen LogP contribution in [0, 0.1) is 0 Å². The Hall–Kier alpha value is -10.8. The predicted octanol–water partition coefficient (Wildman–Crippen LogP) is -2.32. The van der Waals surface area contributed by atoms with Crippen molar-refractivity contribution in [2.24, 2.45) is 0 Å². The summed E-state index contributed by atoms with van der Waals surface area (Å²) in [5, 5.41) is 24.7. The van der Waals surface area contributed by atoms with Gasteiger partial charge in [0.05, 0.1) is 58.0 Å². The molecule has 4 aromatic rings. The molecule has 105 heavy (non-hydrogen) atoms. The van der Waals surface area contributed by atoms with E-state index in [1.165, 1.54) is 32.6 Å². The summed E-state index contributed by atoms with van der Waals surface area (Å²) in [6.45, 7) is 9.92. The fourth-order valence-corrected chi connectivity index (χ4v) is 10.2. The van der Waals surface area contributed by atoms with Gasteiger partial charge in [0, 0.05) is 83.1 Å². The first-order chi connectivity index (χ1) is 49.9. The van der Waals surface area contributed by atoms with Gasteiger partial charge in [0.25, 0.3) is 0 Å². The van der Waals surface area contributed by atoms with Gasteiger partial charge in [0.15, 0.2) is 73.8 Å². The van der Waals surface area contributed by atoms with E-state index in [2.05, 4.69) is 45.9 Å². The molecule has 3 fully saturated rings. The van der Waals surface area contributed by atoms with Crippen LogP contribution >= 0.6 is 0 Å². The molecule has 0 aromatic carbocycles. The summed E-state index contributed by atoms with van der Waals surface area (Å²) in [5.41, 5.74) is 0.578. The Morgan fingerprint density at radius 2 is 0.533 bits per heavy atom. The Morgan fingerprint density at radius 1 is 0.314 bits per heavy atom. The number of esters is 12. The molecule has 15 atom stereocenters. The van der Waals surface area contributed by atoms with Crippen LogP contribution in [0.3, 0.4) is 0 Å². The Kier molecular flexibility index (Phi) is 30.4. The Morgan fingerprint density at radius 3 is 0.752 bits per heavy atom. The molecule has 0 amide bonds. The summed E-state index contributed by atoms with van der Waals surface area (Å²) in [4.78, 5) is 159. The molecule has 0 aliphatic carbocycles.